The van der Waals surface area contributed by atoms with Crippen LogP contribution in [0.25, 0.3) is 6.08 Å². The second kappa shape index (κ2) is 10.4. The van der Waals surface area contributed by atoms with E-state index in [1.807, 2.05) is 0 Å². The molecule has 11 heteroatoms. The van der Waals surface area contributed by atoms with E-state index in [0.29, 0.717) is 26.2 Å². The van der Waals surface area contributed by atoms with Crippen molar-refractivity contribution in [3.05, 3.63) is 102 Å². The van der Waals surface area contributed by atoms with Crippen molar-refractivity contribution in [1.82, 2.24) is 0 Å². The van der Waals surface area contributed by atoms with Gasteiger partial charge in [0.05, 0.1) is 15.6 Å². The summed E-state index contributed by atoms with van der Waals surface area (Å²) in [5, 5.41) is 11.1. The molecule has 3 aromatic rings. The molecule has 0 aromatic heterocycles. The zero-order valence-electron chi connectivity index (χ0n) is 18.0. The first-order valence-electron chi connectivity index (χ1n) is 9.97. The van der Waals surface area contributed by atoms with Gasteiger partial charge in [-0.15, -0.1) is 0 Å². The minimum atomic E-state index is -0.710. The van der Waals surface area contributed by atoms with Crippen LogP contribution in [0.5, 0.6) is 11.5 Å². The Morgan fingerprint density at radius 2 is 2.03 bits per heavy atom. The summed E-state index contributed by atoms with van der Waals surface area (Å²) in [6, 6.07) is 13.5. The quantitative estimate of drug-likeness (QED) is 0.109. The SMILES string of the molecule is COc1cc(/C=C2\N=C(c3ccc(Cl)c([N+](=O)[O-])c3)OC2=O)cc(I)c1OCc1cccc(F)c1. The van der Waals surface area contributed by atoms with Crippen LogP contribution in [-0.4, -0.2) is 23.9 Å². The van der Waals surface area contributed by atoms with Crippen LogP contribution in [-0.2, 0) is 16.1 Å². The highest BCUT2D eigenvalue weighted by atomic mass is 127. The molecular weight excluding hydrogens is 594 g/mol. The second-order valence-electron chi connectivity index (χ2n) is 7.21. The topological polar surface area (TPSA) is 100 Å². The molecule has 0 spiro atoms. The van der Waals surface area contributed by atoms with Gasteiger partial charge in [-0.2, -0.15) is 0 Å². The summed E-state index contributed by atoms with van der Waals surface area (Å²) in [5.41, 5.74) is 1.17. The van der Waals surface area contributed by atoms with E-state index in [1.165, 1.54) is 43.5 Å². The number of cyclic esters (lactones) is 1. The number of rotatable bonds is 7. The minimum Gasteiger partial charge on any atom is -0.493 e. The number of nitrogens with zero attached hydrogens (tertiary/aromatic N) is 2. The molecule has 0 N–H and O–H groups in total. The number of benzene rings is 3. The van der Waals surface area contributed by atoms with Gasteiger partial charge in [-0.05, 0) is 76.2 Å². The molecule has 1 aliphatic heterocycles. The summed E-state index contributed by atoms with van der Waals surface area (Å²) in [6.07, 6.45) is 1.50. The maximum atomic E-state index is 13.4. The molecule has 1 heterocycles. The molecule has 0 saturated heterocycles. The molecule has 0 unspecified atom stereocenters. The number of hydrogen-bond acceptors (Lipinski definition) is 7. The predicted octanol–water partition coefficient (Wildman–Crippen LogP) is 5.92. The van der Waals surface area contributed by atoms with Crippen molar-refractivity contribution in [3.63, 3.8) is 0 Å². The van der Waals surface area contributed by atoms with Crippen molar-refractivity contribution < 1.29 is 28.3 Å². The molecule has 0 aliphatic carbocycles. The van der Waals surface area contributed by atoms with Gasteiger partial charge in [0, 0.05) is 11.6 Å². The van der Waals surface area contributed by atoms with Gasteiger partial charge in [0.25, 0.3) is 5.69 Å². The molecule has 1 aliphatic rings. The normalized spacial score (nSPS) is 14.0. The Morgan fingerprint density at radius 1 is 1.23 bits per heavy atom. The van der Waals surface area contributed by atoms with E-state index in [-0.39, 0.29) is 40.3 Å². The lowest BCUT2D eigenvalue weighted by Crippen LogP contribution is -2.06. The molecule has 3 aromatic carbocycles. The van der Waals surface area contributed by atoms with Crippen molar-refractivity contribution in [2.24, 2.45) is 4.99 Å². The van der Waals surface area contributed by atoms with E-state index in [4.69, 9.17) is 25.8 Å². The fourth-order valence-corrected chi connectivity index (χ4v) is 4.19. The third-order valence-electron chi connectivity index (χ3n) is 4.84. The molecule has 4 rings (SSSR count). The number of aliphatic imine (C=N–C) groups is 1. The molecule has 0 bridgehead atoms. The minimum absolute atomic E-state index is 0.00360. The number of halogens is 3. The van der Waals surface area contributed by atoms with Gasteiger partial charge in [0.2, 0.25) is 5.90 Å². The van der Waals surface area contributed by atoms with Crippen LogP contribution in [0, 0.1) is 19.5 Å². The molecule has 0 atom stereocenters. The largest absolute Gasteiger partial charge is 0.493 e. The maximum absolute atomic E-state index is 13.4. The highest BCUT2D eigenvalue weighted by Crippen LogP contribution is 2.36. The van der Waals surface area contributed by atoms with Crippen LogP contribution in [0.4, 0.5) is 10.1 Å². The van der Waals surface area contributed by atoms with Crippen LogP contribution in [0.2, 0.25) is 5.02 Å². The molecule has 0 fully saturated rings. The van der Waals surface area contributed by atoms with E-state index in [0.717, 1.165) is 0 Å². The predicted molar refractivity (Wildman–Crippen MR) is 135 cm³/mol. The van der Waals surface area contributed by atoms with Crippen LogP contribution in [0.1, 0.15) is 16.7 Å². The van der Waals surface area contributed by atoms with Crippen LogP contribution in [0.15, 0.2) is 65.3 Å². The Labute approximate surface area is 217 Å². The number of methoxy groups -OCH3 is 1. The van der Waals surface area contributed by atoms with E-state index in [1.54, 1.807) is 24.3 Å². The van der Waals surface area contributed by atoms with Crippen molar-refractivity contribution in [2.75, 3.05) is 7.11 Å². The fourth-order valence-electron chi connectivity index (χ4n) is 3.22. The smallest absolute Gasteiger partial charge is 0.363 e. The lowest BCUT2D eigenvalue weighted by Gasteiger charge is -2.14. The Kier molecular flexibility index (Phi) is 7.31. The average molecular weight is 609 g/mol. The summed E-state index contributed by atoms with van der Waals surface area (Å²) < 4.78 is 30.6. The number of carbonyl (C=O) groups excluding carboxylic acids is 1. The Hall–Kier alpha value is -3.51. The first-order chi connectivity index (χ1) is 16.7. The second-order valence-corrected chi connectivity index (χ2v) is 8.78. The van der Waals surface area contributed by atoms with Gasteiger partial charge in [-0.3, -0.25) is 10.1 Å². The van der Waals surface area contributed by atoms with Crippen LogP contribution in [0.3, 0.4) is 0 Å². The van der Waals surface area contributed by atoms with Gasteiger partial charge in [0.15, 0.2) is 17.2 Å². The van der Waals surface area contributed by atoms with Crippen molar-refractivity contribution in [2.45, 2.75) is 6.61 Å². The number of hydrogen-bond donors (Lipinski definition) is 0. The first-order valence-corrected chi connectivity index (χ1v) is 11.4. The molecule has 35 heavy (non-hydrogen) atoms. The van der Waals surface area contributed by atoms with Crippen LogP contribution < -0.4 is 9.47 Å². The van der Waals surface area contributed by atoms with Gasteiger partial charge in [-0.1, -0.05) is 23.7 Å². The number of esters is 1. The van der Waals surface area contributed by atoms with Gasteiger partial charge >= 0.3 is 5.97 Å². The van der Waals surface area contributed by atoms with E-state index in [2.05, 4.69) is 27.6 Å². The third-order valence-corrected chi connectivity index (χ3v) is 5.96. The maximum Gasteiger partial charge on any atom is 0.363 e. The monoisotopic (exact) mass is 608 g/mol. The highest BCUT2D eigenvalue weighted by Gasteiger charge is 2.26. The van der Waals surface area contributed by atoms with Gasteiger partial charge in [0.1, 0.15) is 17.4 Å². The molecule has 8 nitrogen and oxygen atoms in total. The Morgan fingerprint density at radius 3 is 2.74 bits per heavy atom. The number of carbonyl (C=O) groups is 1. The van der Waals surface area contributed by atoms with E-state index >= 15 is 0 Å². The molecule has 178 valence electrons. The molecular formula is C24H15ClFIN2O6. The highest BCUT2D eigenvalue weighted by molar-refractivity contribution is 14.1. The molecule has 0 saturated carbocycles. The summed E-state index contributed by atoms with van der Waals surface area (Å²) in [7, 11) is 1.48. The van der Waals surface area contributed by atoms with Crippen molar-refractivity contribution >= 4 is 57.8 Å². The molecule has 0 amide bonds. The average Bonchev–Trinajstić information content (AvgIpc) is 3.18. The summed E-state index contributed by atoms with van der Waals surface area (Å²) in [4.78, 5) is 27.1. The zero-order valence-corrected chi connectivity index (χ0v) is 20.9. The Bertz CT molecular complexity index is 1410. The van der Waals surface area contributed by atoms with E-state index in [9.17, 15) is 19.3 Å². The summed E-state index contributed by atoms with van der Waals surface area (Å²) >= 11 is 7.91. The number of nitro groups is 1. The Balaban J connectivity index is 1.61. The van der Waals surface area contributed by atoms with Crippen molar-refractivity contribution in [3.8, 4) is 11.5 Å². The summed E-state index contributed by atoms with van der Waals surface area (Å²) in [6.45, 7) is 0.137. The zero-order chi connectivity index (χ0) is 25.1. The fraction of sp³-hybridized carbons (Fsp3) is 0.0833. The lowest BCUT2D eigenvalue weighted by molar-refractivity contribution is -0.384. The standard InChI is InChI=1S/C24H15ClFIN2O6/c1-33-21-10-14(8-18(27)22(21)34-12-13-3-2-4-16(26)7-13)9-19-24(30)35-23(28-19)15-5-6-17(25)20(11-15)29(31)32/h2-11H,12H2,1H3/b19-9-. The lowest BCUT2D eigenvalue weighted by atomic mass is 10.1. The van der Waals surface area contributed by atoms with Gasteiger partial charge in [-0.25, -0.2) is 14.2 Å². The first kappa shape index (κ1) is 24.6. The number of ether oxygens (including phenoxy) is 3. The molecule has 0 radical (unpaired) electrons. The number of nitro benzene ring substituents is 1. The summed E-state index contributed by atoms with van der Waals surface area (Å²) in [5.74, 6) is -0.266. The van der Waals surface area contributed by atoms with E-state index < -0.39 is 10.9 Å². The van der Waals surface area contributed by atoms with Crippen LogP contribution >= 0.6 is 34.2 Å². The van der Waals surface area contributed by atoms with Gasteiger partial charge < -0.3 is 14.2 Å². The van der Waals surface area contributed by atoms with Crippen molar-refractivity contribution in [1.29, 1.82) is 0 Å². The third kappa shape index (κ3) is 5.60.